The Morgan fingerprint density at radius 2 is 1.36 bits per heavy atom. The minimum absolute atomic E-state index is 0.431. The third-order valence-electron chi connectivity index (χ3n) is 4.74. The highest BCUT2D eigenvalue weighted by Gasteiger charge is 2.41. The Bertz CT molecular complexity index is 180. The van der Waals surface area contributed by atoms with Crippen molar-refractivity contribution in [2.75, 3.05) is 21.1 Å². The third kappa shape index (κ3) is 2.31. The lowest BCUT2D eigenvalue weighted by atomic mass is 9.72. The maximum absolute atomic E-state index is 2.44. The Balaban J connectivity index is 2.65. The molecule has 0 amide bonds. The molecule has 0 radical (unpaired) electrons. The van der Waals surface area contributed by atoms with Crippen LogP contribution in [0.25, 0.3) is 0 Å². The first-order valence-corrected chi connectivity index (χ1v) is 6.06. The van der Waals surface area contributed by atoms with Gasteiger partial charge in [-0.25, -0.2) is 0 Å². The Hall–Kier alpha value is -0.0400. The minimum Gasteiger partial charge on any atom is -0.326 e. The van der Waals surface area contributed by atoms with E-state index in [0.29, 0.717) is 5.54 Å². The standard InChI is InChI=1S/C13H28N/c1-11-7-9-12(10-8-11)13(2,3)14(4,5)6/h11-12H,7-10H2,1-6H3/q+1. The van der Waals surface area contributed by atoms with E-state index in [0.717, 1.165) is 16.3 Å². The first kappa shape index (κ1) is 12.0. The molecular formula is C13H28N+. The van der Waals surface area contributed by atoms with Gasteiger partial charge >= 0.3 is 0 Å². The molecule has 0 spiro atoms. The van der Waals surface area contributed by atoms with E-state index in [1.165, 1.54) is 25.7 Å². The number of hydrogen-bond acceptors (Lipinski definition) is 0. The van der Waals surface area contributed by atoms with Crippen molar-refractivity contribution in [1.82, 2.24) is 0 Å². The molecule has 0 bridgehead atoms. The molecule has 1 aliphatic carbocycles. The molecule has 0 saturated heterocycles. The number of rotatable bonds is 2. The topological polar surface area (TPSA) is 0 Å². The highest BCUT2D eigenvalue weighted by molar-refractivity contribution is 4.83. The Morgan fingerprint density at radius 3 is 1.71 bits per heavy atom. The average Bonchev–Trinajstić information content (AvgIpc) is 2.03. The molecule has 14 heavy (non-hydrogen) atoms. The molecule has 0 heterocycles. The summed E-state index contributed by atoms with van der Waals surface area (Å²) in [7, 11) is 6.99. The van der Waals surface area contributed by atoms with Crippen molar-refractivity contribution in [3.05, 3.63) is 0 Å². The van der Waals surface area contributed by atoms with Crippen molar-refractivity contribution in [3.63, 3.8) is 0 Å². The molecule has 0 aromatic heterocycles. The maximum Gasteiger partial charge on any atom is 0.0957 e. The molecule has 1 saturated carbocycles. The van der Waals surface area contributed by atoms with Gasteiger partial charge in [0.2, 0.25) is 0 Å². The van der Waals surface area contributed by atoms with Gasteiger partial charge in [-0.3, -0.25) is 0 Å². The van der Waals surface area contributed by atoms with E-state index in [9.17, 15) is 0 Å². The second-order valence-electron chi connectivity index (χ2n) is 6.62. The number of hydrogen-bond donors (Lipinski definition) is 0. The zero-order valence-corrected chi connectivity index (χ0v) is 10.9. The molecule has 0 atom stereocenters. The summed E-state index contributed by atoms with van der Waals surface area (Å²) >= 11 is 0. The van der Waals surface area contributed by atoms with Crippen molar-refractivity contribution in [3.8, 4) is 0 Å². The van der Waals surface area contributed by atoms with E-state index >= 15 is 0 Å². The molecule has 0 aromatic carbocycles. The van der Waals surface area contributed by atoms with Gasteiger partial charge in [-0.1, -0.05) is 19.8 Å². The van der Waals surface area contributed by atoms with Crippen molar-refractivity contribution in [2.24, 2.45) is 11.8 Å². The molecular weight excluding hydrogens is 170 g/mol. The van der Waals surface area contributed by atoms with Crippen LogP contribution in [0, 0.1) is 11.8 Å². The molecule has 0 aromatic rings. The second kappa shape index (κ2) is 3.84. The predicted octanol–water partition coefficient (Wildman–Crippen LogP) is 3.30. The Kier molecular flexibility index (Phi) is 3.30. The van der Waals surface area contributed by atoms with E-state index in [1.54, 1.807) is 0 Å². The second-order valence-corrected chi connectivity index (χ2v) is 6.62. The van der Waals surface area contributed by atoms with Gasteiger partial charge in [-0.15, -0.1) is 0 Å². The summed E-state index contributed by atoms with van der Waals surface area (Å²) in [6, 6.07) is 0. The number of quaternary nitrogens is 1. The predicted molar refractivity (Wildman–Crippen MR) is 63.2 cm³/mol. The lowest BCUT2D eigenvalue weighted by Crippen LogP contribution is -2.57. The summed E-state index contributed by atoms with van der Waals surface area (Å²) in [4.78, 5) is 0. The van der Waals surface area contributed by atoms with Gasteiger partial charge in [-0.2, -0.15) is 0 Å². The highest BCUT2D eigenvalue weighted by atomic mass is 15.3. The fourth-order valence-electron chi connectivity index (χ4n) is 2.51. The molecule has 1 fully saturated rings. The van der Waals surface area contributed by atoms with E-state index in [-0.39, 0.29) is 0 Å². The summed E-state index contributed by atoms with van der Waals surface area (Å²) < 4.78 is 1.09. The monoisotopic (exact) mass is 198 g/mol. The van der Waals surface area contributed by atoms with Crippen LogP contribution >= 0.6 is 0 Å². The summed E-state index contributed by atoms with van der Waals surface area (Å²) in [6.45, 7) is 7.27. The lowest BCUT2D eigenvalue weighted by molar-refractivity contribution is -0.924. The van der Waals surface area contributed by atoms with Crippen molar-refractivity contribution in [2.45, 2.75) is 52.0 Å². The van der Waals surface area contributed by atoms with Crippen LogP contribution < -0.4 is 0 Å². The van der Waals surface area contributed by atoms with Gasteiger partial charge < -0.3 is 4.48 Å². The first-order valence-electron chi connectivity index (χ1n) is 6.06. The van der Waals surface area contributed by atoms with Crippen LogP contribution in [0.2, 0.25) is 0 Å². The molecule has 1 rings (SSSR count). The van der Waals surface area contributed by atoms with E-state index in [2.05, 4.69) is 41.9 Å². The fraction of sp³-hybridized carbons (Fsp3) is 1.00. The highest BCUT2D eigenvalue weighted by Crippen LogP contribution is 2.39. The molecule has 0 unspecified atom stereocenters. The van der Waals surface area contributed by atoms with Crippen LogP contribution in [0.4, 0.5) is 0 Å². The lowest BCUT2D eigenvalue weighted by Gasteiger charge is -2.48. The van der Waals surface area contributed by atoms with Crippen LogP contribution in [0.15, 0.2) is 0 Å². The fourth-order valence-corrected chi connectivity index (χ4v) is 2.51. The van der Waals surface area contributed by atoms with Crippen LogP contribution in [0.5, 0.6) is 0 Å². The summed E-state index contributed by atoms with van der Waals surface area (Å²) in [5.74, 6) is 1.88. The van der Waals surface area contributed by atoms with Gasteiger partial charge in [0.1, 0.15) is 0 Å². The normalized spacial score (nSPS) is 30.4. The van der Waals surface area contributed by atoms with E-state index in [4.69, 9.17) is 0 Å². The van der Waals surface area contributed by atoms with Crippen LogP contribution in [-0.4, -0.2) is 31.2 Å². The van der Waals surface area contributed by atoms with Gasteiger partial charge in [-0.05, 0) is 32.6 Å². The Labute approximate surface area is 90.1 Å². The quantitative estimate of drug-likeness (QED) is 0.597. The molecule has 84 valence electrons. The summed E-state index contributed by atoms with van der Waals surface area (Å²) in [5, 5.41) is 0. The van der Waals surface area contributed by atoms with E-state index in [1.807, 2.05) is 0 Å². The van der Waals surface area contributed by atoms with Crippen molar-refractivity contribution < 1.29 is 4.48 Å². The van der Waals surface area contributed by atoms with Gasteiger partial charge in [0.25, 0.3) is 0 Å². The maximum atomic E-state index is 2.44. The van der Waals surface area contributed by atoms with Crippen LogP contribution in [-0.2, 0) is 0 Å². The third-order valence-corrected chi connectivity index (χ3v) is 4.74. The molecule has 1 nitrogen and oxygen atoms in total. The zero-order valence-electron chi connectivity index (χ0n) is 10.9. The van der Waals surface area contributed by atoms with Gasteiger partial charge in [0.15, 0.2) is 0 Å². The van der Waals surface area contributed by atoms with Crippen molar-refractivity contribution in [1.29, 1.82) is 0 Å². The van der Waals surface area contributed by atoms with Crippen molar-refractivity contribution >= 4 is 0 Å². The summed E-state index contributed by atoms with van der Waals surface area (Å²) in [6.07, 6.45) is 5.75. The van der Waals surface area contributed by atoms with E-state index < -0.39 is 0 Å². The molecule has 0 aliphatic heterocycles. The minimum atomic E-state index is 0.431. The molecule has 0 N–H and O–H groups in total. The van der Waals surface area contributed by atoms with Gasteiger partial charge in [0.05, 0.1) is 26.7 Å². The van der Waals surface area contributed by atoms with Crippen LogP contribution in [0.3, 0.4) is 0 Å². The first-order chi connectivity index (χ1) is 6.25. The number of nitrogens with zero attached hydrogens (tertiary/aromatic N) is 1. The SMILES string of the molecule is CC1CCC(C(C)(C)[N+](C)(C)C)CC1. The smallest absolute Gasteiger partial charge is 0.0957 e. The molecule has 1 aliphatic rings. The largest absolute Gasteiger partial charge is 0.326 e. The van der Waals surface area contributed by atoms with Gasteiger partial charge in [0, 0.05) is 5.92 Å². The average molecular weight is 198 g/mol. The zero-order chi connectivity index (χ0) is 11.0. The van der Waals surface area contributed by atoms with Crippen LogP contribution in [0.1, 0.15) is 46.5 Å². The Morgan fingerprint density at radius 1 is 0.929 bits per heavy atom. The molecule has 1 heteroatoms. The summed E-state index contributed by atoms with van der Waals surface area (Å²) in [5.41, 5.74) is 0.431.